The summed E-state index contributed by atoms with van der Waals surface area (Å²) in [6.07, 6.45) is 2.47. The molecule has 1 saturated heterocycles. The second kappa shape index (κ2) is 11.9. The van der Waals surface area contributed by atoms with Crippen LogP contribution in [0.3, 0.4) is 0 Å². The summed E-state index contributed by atoms with van der Waals surface area (Å²) < 4.78 is 10.3. The van der Waals surface area contributed by atoms with Crippen molar-refractivity contribution in [3.05, 3.63) is 60.2 Å². The lowest BCUT2D eigenvalue weighted by atomic mass is 9.86. The van der Waals surface area contributed by atoms with Crippen molar-refractivity contribution in [3.63, 3.8) is 0 Å². The minimum atomic E-state index is -0.674. The molecule has 29 heavy (non-hydrogen) atoms. The van der Waals surface area contributed by atoms with E-state index in [1.807, 2.05) is 30.3 Å². The smallest absolute Gasteiger partial charge is 0.331 e. The third kappa shape index (κ3) is 6.53. The lowest BCUT2D eigenvalue weighted by Gasteiger charge is -2.40. The minimum absolute atomic E-state index is 0. The summed E-state index contributed by atoms with van der Waals surface area (Å²) >= 11 is 0. The molecule has 5 nitrogen and oxygen atoms in total. The van der Waals surface area contributed by atoms with Gasteiger partial charge >= 0.3 is 5.97 Å². The second-order valence-electron chi connectivity index (χ2n) is 7.00. The van der Waals surface area contributed by atoms with Crippen LogP contribution in [0, 0.1) is 0 Å². The molecule has 0 atom stereocenters. The number of likely N-dealkylation sites (tertiary alicyclic amines) is 1. The summed E-state index contributed by atoms with van der Waals surface area (Å²) in [5.41, 5.74) is 1.57. The van der Waals surface area contributed by atoms with Gasteiger partial charge in [0.1, 0.15) is 11.3 Å². The molecule has 3 rings (SSSR count). The predicted molar refractivity (Wildman–Crippen MR) is 122 cm³/mol. The van der Waals surface area contributed by atoms with E-state index in [-0.39, 0.29) is 30.8 Å². The summed E-state index contributed by atoms with van der Waals surface area (Å²) in [5, 5.41) is 3.43. The maximum atomic E-state index is 12.6. The van der Waals surface area contributed by atoms with E-state index in [2.05, 4.69) is 34.5 Å². The number of carbonyl (C=O) groups is 1. The van der Waals surface area contributed by atoms with Crippen molar-refractivity contribution in [2.75, 3.05) is 39.2 Å². The molecule has 0 aliphatic carbocycles. The third-order valence-corrected chi connectivity index (χ3v) is 5.32. The molecule has 0 radical (unpaired) electrons. The number of methoxy groups -OCH3 is 2. The van der Waals surface area contributed by atoms with Crippen molar-refractivity contribution in [2.24, 2.45) is 0 Å². The van der Waals surface area contributed by atoms with Crippen molar-refractivity contribution >= 4 is 36.5 Å². The van der Waals surface area contributed by atoms with Gasteiger partial charge in [-0.05, 0) is 49.1 Å². The van der Waals surface area contributed by atoms with E-state index in [1.165, 1.54) is 12.7 Å². The molecule has 0 saturated carbocycles. The van der Waals surface area contributed by atoms with Crippen LogP contribution >= 0.6 is 24.8 Å². The number of rotatable bonds is 7. The molecule has 1 heterocycles. The average Bonchev–Trinajstić information content (AvgIpc) is 2.74. The van der Waals surface area contributed by atoms with E-state index in [0.29, 0.717) is 0 Å². The summed E-state index contributed by atoms with van der Waals surface area (Å²) in [7, 11) is 3.10. The highest BCUT2D eigenvalue weighted by Gasteiger charge is 2.42. The van der Waals surface area contributed by atoms with Gasteiger partial charge in [0, 0.05) is 25.3 Å². The number of piperidine rings is 1. The van der Waals surface area contributed by atoms with E-state index in [9.17, 15) is 4.79 Å². The maximum Gasteiger partial charge on any atom is 0.331 e. The van der Waals surface area contributed by atoms with E-state index in [1.54, 1.807) is 7.11 Å². The molecule has 1 fully saturated rings. The van der Waals surface area contributed by atoms with Gasteiger partial charge in [-0.2, -0.15) is 0 Å². The molecule has 0 bridgehead atoms. The van der Waals surface area contributed by atoms with Gasteiger partial charge < -0.3 is 19.7 Å². The lowest BCUT2D eigenvalue weighted by Crippen LogP contribution is -2.55. The number of ether oxygens (including phenoxy) is 2. The molecule has 1 aliphatic heterocycles. The number of anilines is 1. The Balaban J connectivity index is 0.00000210. The molecule has 0 amide bonds. The average molecular weight is 441 g/mol. The Labute approximate surface area is 185 Å². The fraction of sp³-hybridized carbons (Fsp3) is 0.409. The van der Waals surface area contributed by atoms with Crippen LogP contribution in [0.25, 0.3) is 0 Å². The van der Waals surface area contributed by atoms with Gasteiger partial charge in [-0.15, -0.1) is 24.8 Å². The van der Waals surface area contributed by atoms with Crippen molar-refractivity contribution in [3.8, 4) is 5.75 Å². The Bertz CT molecular complexity index is 733. The van der Waals surface area contributed by atoms with E-state index >= 15 is 0 Å². The third-order valence-electron chi connectivity index (χ3n) is 5.32. The van der Waals surface area contributed by atoms with Crippen LogP contribution in [0.2, 0.25) is 0 Å². The Morgan fingerprint density at radius 3 is 2.17 bits per heavy atom. The normalized spacial score (nSPS) is 15.4. The molecule has 2 aromatic carbocycles. The maximum absolute atomic E-state index is 12.6. The zero-order chi connectivity index (χ0) is 19.1. The molecule has 7 heteroatoms. The van der Waals surface area contributed by atoms with Crippen LogP contribution in [0.4, 0.5) is 5.69 Å². The second-order valence-corrected chi connectivity index (χ2v) is 7.00. The highest BCUT2D eigenvalue weighted by atomic mass is 35.5. The van der Waals surface area contributed by atoms with Crippen molar-refractivity contribution < 1.29 is 14.3 Å². The Kier molecular flexibility index (Phi) is 10.3. The molecular weight excluding hydrogens is 411 g/mol. The highest BCUT2D eigenvalue weighted by Crippen LogP contribution is 2.29. The molecular formula is C22H30Cl2N2O3. The molecule has 1 aliphatic rings. The van der Waals surface area contributed by atoms with Crippen LogP contribution in [0.1, 0.15) is 18.4 Å². The van der Waals surface area contributed by atoms with Gasteiger partial charge in [0.05, 0.1) is 14.2 Å². The number of nitrogens with one attached hydrogen (secondary N) is 1. The van der Waals surface area contributed by atoms with Crippen LogP contribution in [-0.4, -0.2) is 50.3 Å². The quantitative estimate of drug-likeness (QED) is 0.653. The summed E-state index contributed by atoms with van der Waals surface area (Å²) in [4.78, 5) is 15.0. The van der Waals surface area contributed by atoms with Gasteiger partial charge in [-0.25, -0.2) is 4.79 Å². The molecule has 0 spiro atoms. The van der Waals surface area contributed by atoms with Crippen LogP contribution in [0.5, 0.6) is 5.75 Å². The van der Waals surface area contributed by atoms with Gasteiger partial charge in [-0.1, -0.05) is 30.3 Å². The lowest BCUT2D eigenvalue weighted by molar-refractivity contribution is -0.147. The van der Waals surface area contributed by atoms with E-state index in [4.69, 9.17) is 9.47 Å². The highest BCUT2D eigenvalue weighted by molar-refractivity contribution is 5.86. The summed E-state index contributed by atoms with van der Waals surface area (Å²) in [6, 6.07) is 18.2. The first-order valence-corrected chi connectivity index (χ1v) is 9.42. The SMILES string of the molecule is COC(=O)C1(Nc2ccc(OC)cc2)CCN(CCc2ccccc2)CC1.Cl.Cl. The molecule has 0 aromatic heterocycles. The van der Waals surface area contributed by atoms with E-state index in [0.717, 1.165) is 50.3 Å². The topological polar surface area (TPSA) is 50.8 Å². The van der Waals surface area contributed by atoms with Gasteiger partial charge in [0.2, 0.25) is 0 Å². The van der Waals surface area contributed by atoms with Gasteiger partial charge in [0.25, 0.3) is 0 Å². The Morgan fingerprint density at radius 1 is 1.00 bits per heavy atom. The minimum Gasteiger partial charge on any atom is -0.497 e. The molecule has 160 valence electrons. The number of carbonyl (C=O) groups excluding carboxylic acids is 1. The first kappa shape index (κ1) is 25.1. The number of hydrogen-bond donors (Lipinski definition) is 1. The summed E-state index contributed by atoms with van der Waals surface area (Å²) in [5.74, 6) is 0.601. The summed E-state index contributed by atoms with van der Waals surface area (Å²) in [6.45, 7) is 2.74. The van der Waals surface area contributed by atoms with Crippen LogP contribution < -0.4 is 10.1 Å². The molecule has 0 unspecified atom stereocenters. The van der Waals surface area contributed by atoms with Crippen molar-refractivity contribution in [1.82, 2.24) is 4.90 Å². The predicted octanol–water partition coefficient (Wildman–Crippen LogP) is 4.20. The fourth-order valence-corrected chi connectivity index (χ4v) is 3.62. The number of nitrogens with zero attached hydrogens (tertiary/aromatic N) is 1. The molecule has 1 N–H and O–H groups in total. The number of benzene rings is 2. The Hall–Kier alpha value is -1.95. The largest absolute Gasteiger partial charge is 0.497 e. The standard InChI is InChI=1S/C22H28N2O3.2ClH/c1-26-20-10-8-19(9-11-20)23-22(21(25)27-2)13-16-24(17-14-22)15-12-18-6-4-3-5-7-18;;/h3-11,23H,12-17H2,1-2H3;2*1H. The number of halogens is 2. The Morgan fingerprint density at radius 2 is 1.62 bits per heavy atom. The first-order valence-electron chi connectivity index (χ1n) is 9.42. The van der Waals surface area contributed by atoms with Crippen molar-refractivity contribution in [2.45, 2.75) is 24.8 Å². The van der Waals surface area contributed by atoms with Gasteiger partial charge in [0.15, 0.2) is 0 Å². The van der Waals surface area contributed by atoms with E-state index < -0.39 is 5.54 Å². The fourth-order valence-electron chi connectivity index (χ4n) is 3.62. The van der Waals surface area contributed by atoms with Crippen LogP contribution in [-0.2, 0) is 16.0 Å². The first-order chi connectivity index (χ1) is 13.1. The number of hydrogen-bond acceptors (Lipinski definition) is 5. The zero-order valence-electron chi connectivity index (χ0n) is 16.9. The van der Waals surface area contributed by atoms with Gasteiger partial charge in [-0.3, -0.25) is 0 Å². The van der Waals surface area contributed by atoms with Crippen molar-refractivity contribution in [1.29, 1.82) is 0 Å². The monoisotopic (exact) mass is 440 g/mol. The molecule has 2 aromatic rings. The number of esters is 1. The zero-order valence-corrected chi connectivity index (χ0v) is 18.6. The van der Waals surface area contributed by atoms with Crippen LogP contribution in [0.15, 0.2) is 54.6 Å².